The molecule has 0 radical (unpaired) electrons. The van der Waals surface area contributed by atoms with E-state index in [0.29, 0.717) is 12.2 Å². The van der Waals surface area contributed by atoms with Gasteiger partial charge in [0.05, 0.1) is 6.54 Å². The number of fused-ring (bicyclic) bond motifs is 2. The minimum absolute atomic E-state index is 0.243. The van der Waals surface area contributed by atoms with Crippen LogP contribution in [0.2, 0.25) is 0 Å². The third-order valence-electron chi connectivity index (χ3n) is 6.73. The molecule has 0 saturated carbocycles. The number of urea groups is 1. The molecule has 176 valence electrons. The fourth-order valence-corrected chi connectivity index (χ4v) is 5.00. The van der Waals surface area contributed by atoms with E-state index in [1.165, 1.54) is 21.2 Å². The van der Waals surface area contributed by atoms with Gasteiger partial charge >= 0.3 is 6.03 Å². The molecular weight excluding hydrogens is 446 g/mol. The van der Waals surface area contributed by atoms with Gasteiger partial charge in [0.2, 0.25) is 0 Å². The van der Waals surface area contributed by atoms with Gasteiger partial charge in [0.25, 0.3) is 5.91 Å². The van der Waals surface area contributed by atoms with Crippen LogP contribution in [-0.2, 0) is 17.9 Å². The van der Waals surface area contributed by atoms with Crippen LogP contribution in [-0.4, -0.2) is 21.4 Å². The normalized spacial score (nSPS) is 14.8. The first-order valence-electron chi connectivity index (χ1n) is 12.0. The van der Waals surface area contributed by atoms with E-state index in [9.17, 15) is 9.59 Å². The van der Waals surface area contributed by atoms with Crippen LogP contribution in [0.3, 0.4) is 0 Å². The lowest BCUT2D eigenvalue weighted by atomic mass is 10.0. The van der Waals surface area contributed by atoms with Crippen LogP contribution < -0.4 is 5.32 Å². The van der Waals surface area contributed by atoms with Gasteiger partial charge in [-0.1, -0.05) is 90.5 Å². The summed E-state index contributed by atoms with van der Waals surface area (Å²) in [5.41, 5.74) is 5.50. The number of carbonyl (C=O) groups excluding carboxylic acids is 2. The molecule has 0 atom stereocenters. The molecule has 0 aliphatic carbocycles. The van der Waals surface area contributed by atoms with E-state index in [1.807, 2.05) is 49.4 Å². The Morgan fingerprint density at radius 2 is 1.56 bits per heavy atom. The minimum Gasteiger partial charge on any atom is -0.342 e. The Balaban J connectivity index is 1.34. The molecule has 1 aliphatic rings. The van der Waals surface area contributed by atoms with Crippen LogP contribution >= 0.6 is 0 Å². The lowest BCUT2D eigenvalue weighted by molar-refractivity contribution is -0.123. The Kier molecular flexibility index (Phi) is 5.38. The molecule has 1 fully saturated rings. The number of aryl methyl sites for hydroxylation is 1. The summed E-state index contributed by atoms with van der Waals surface area (Å²) in [5.74, 6) is -0.313. The maximum atomic E-state index is 13.2. The van der Waals surface area contributed by atoms with Crippen LogP contribution in [0.1, 0.15) is 22.3 Å². The van der Waals surface area contributed by atoms with Gasteiger partial charge in [-0.25, -0.2) is 4.79 Å². The standard InChI is InChI=1S/C31H25N3O2/c1-21-8-6-9-22(16-21)18-34-30(35)28(32-31(34)36)17-25-20-33(29-15-5-4-14-27(25)29)19-24-12-7-11-23-10-2-3-13-26(23)24/h2-17,20H,18-19H2,1H3,(H,32,36)/b28-17+. The van der Waals surface area contributed by atoms with Gasteiger partial charge in [0.15, 0.2) is 0 Å². The number of nitrogens with zero attached hydrogens (tertiary/aromatic N) is 2. The number of rotatable bonds is 5. The van der Waals surface area contributed by atoms with Crippen molar-refractivity contribution in [3.63, 3.8) is 0 Å². The number of para-hydroxylation sites is 1. The smallest absolute Gasteiger partial charge is 0.329 e. The van der Waals surface area contributed by atoms with Crippen LogP contribution in [0.4, 0.5) is 4.79 Å². The van der Waals surface area contributed by atoms with Crippen molar-refractivity contribution in [3.8, 4) is 0 Å². The summed E-state index contributed by atoms with van der Waals surface area (Å²) in [4.78, 5) is 27.1. The molecular formula is C31H25N3O2. The summed E-state index contributed by atoms with van der Waals surface area (Å²) < 4.78 is 2.20. The molecule has 1 aromatic heterocycles. The van der Waals surface area contributed by atoms with E-state index in [4.69, 9.17) is 0 Å². The molecule has 6 rings (SSSR count). The van der Waals surface area contributed by atoms with E-state index >= 15 is 0 Å². The number of aromatic nitrogens is 1. The predicted octanol–water partition coefficient (Wildman–Crippen LogP) is 6.24. The monoisotopic (exact) mass is 471 g/mol. The molecule has 2 heterocycles. The van der Waals surface area contributed by atoms with Crippen LogP contribution in [0.15, 0.2) is 103 Å². The molecule has 0 bridgehead atoms. The Morgan fingerprint density at radius 1 is 0.806 bits per heavy atom. The summed E-state index contributed by atoms with van der Waals surface area (Å²) in [7, 11) is 0. The van der Waals surface area contributed by atoms with Crippen molar-refractivity contribution >= 4 is 39.7 Å². The number of hydrogen-bond acceptors (Lipinski definition) is 2. The van der Waals surface area contributed by atoms with Crippen molar-refractivity contribution in [1.29, 1.82) is 0 Å². The third-order valence-corrected chi connectivity index (χ3v) is 6.73. The van der Waals surface area contributed by atoms with Crippen molar-refractivity contribution < 1.29 is 9.59 Å². The molecule has 36 heavy (non-hydrogen) atoms. The third kappa shape index (κ3) is 3.95. The second kappa shape index (κ2) is 8.86. The van der Waals surface area contributed by atoms with E-state index in [1.54, 1.807) is 6.08 Å². The van der Waals surface area contributed by atoms with Gasteiger partial charge in [-0.05, 0) is 41.0 Å². The van der Waals surface area contributed by atoms with Gasteiger partial charge in [-0.3, -0.25) is 9.69 Å². The Labute approximate surface area is 209 Å². The zero-order chi connectivity index (χ0) is 24.6. The quantitative estimate of drug-likeness (QED) is 0.244. The summed E-state index contributed by atoms with van der Waals surface area (Å²) >= 11 is 0. The average molecular weight is 472 g/mol. The maximum absolute atomic E-state index is 13.2. The lowest BCUT2D eigenvalue weighted by Crippen LogP contribution is -2.30. The van der Waals surface area contributed by atoms with E-state index in [-0.39, 0.29) is 12.5 Å². The highest BCUT2D eigenvalue weighted by molar-refractivity contribution is 6.14. The molecule has 3 amide bonds. The van der Waals surface area contributed by atoms with E-state index in [2.05, 4.69) is 64.6 Å². The van der Waals surface area contributed by atoms with Crippen LogP contribution in [0.5, 0.6) is 0 Å². The molecule has 5 aromatic rings. The number of hydrogen-bond donors (Lipinski definition) is 1. The molecule has 5 heteroatoms. The van der Waals surface area contributed by atoms with E-state index < -0.39 is 6.03 Å². The number of benzene rings is 4. The molecule has 0 unspecified atom stereocenters. The topological polar surface area (TPSA) is 54.3 Å². The number of amides is 3. The second-order valence-electron chi connectivity index (χ2n) is 9.24. The predicted molar refractivity (Wildman–Crippen MR) is 143 cm³/mol. The Morgan fingerprint density at radius 3 is 2.42 bits per heavy atom. The van der Waals surface area contributed by atoms with Crippen LogP contribution in [0, 0.1) is 6.92 Å². The number of nitrogens with one attached hydrogen (secondary N) is 1. The van der Waals surface area contributed by atoms with Crippen LogP contribution in [0.25, 0.3) is 27.8 Å². The summed E-state index contributed by atoms with van der Waals surface area (Å²) in [6, 6.07) is 30.3. The maximum Gasteiger partial charge on any atom is 0.329 e. The first kappa shape index (κ1) is 21.9. The highest BCUT2D eigenvalue weighted by atomic mass is 16.2. The molecule has 1 aliphatic heterocycles. The van der Waals surface area contributed by atoms with Crippen molar-refractivity contribution in [1.82, 2.24) is 14.8 Å². The largest absolute Gasteiger partial charge is 0.342 e. The Hall–Kier alpha value is -4.64. The fourth-order valence-electron chi connectivity index (χ4n) is 5.00. The van der Waals surface area contributed by atoms with Gasteiger partial charge in [-0.2, -0.15) is 0 Å². The molecule has 4 aromatic carbocycles. The number of imide groups is 1. The van der Waals surface area contributed by atoms with Crippen molar-refractivity contribution in [2.45, 2.75) is 20.0 Å². The van der Waals surface area contributed by atoms with Gasteiger partial charge in [0, 0.05) is 29.2 Å². The lowest BCUT2D eigenvalue weighted by Gasteiger charge is -2.12. The van der Waals surface area contributed by atoms with Gasteiger partial charge in [0.1, 0.15) is 5.70 Å². The molecule has 0 spiro atoms. The summed E-state index contributed by atoms with van der Waals surface area (Å²) in [6.07, 6.45) is 3.85. The second-order valence-corrected chi connectivity index (χ2v) is 9.24. The summed E-state index contributed by atoms with van der Waals surface area (Å²) in [6.45, 7) is 2.94. The van der Waals surface area contributed by atoms with Crippen molar-refractivity contribution in [2.24, 2.45) is 0 Å². The first-order chi connectivity index (χ1) is 17.6. The molecule has 1 N–H and O–H groups in total. The average Bonchev–Trinajstić information content (AvgIpc) is 3.36. The van der Waals surface area contributed by atoms with Crippen molar-refractivity contribution in [3.05, 3.63) is 125 Å². The molecule has 1 saturated heterocycles. The van der Waals surface area contributed by atoms with Crippen molar-refractivity contribution in [2.75, 3.05) is 0 Å². The first-order valence-corrected chi connectivity index (χ1v) is 12.0. The summed E-state index contributed by atoms with van der Waals surface area (Å²) in [5, 5.41) is 6.24. The van der Waals surface area contributed by atoms with Gasteiger partial charge in [-0.15, -0.1) is 0 Å². The zero-order valence-electron chi connectivity index (χ0n) is 19.9. The molecule has 5 nitrogen and oxygen atoms in total. The number of carbonyl (C=O) groups is 2. The fraction of sp³-hybridized carbons (Fsp3) is 0.0968. The minimum atomic E-state index is -0.396. The SMILES string of the molecule is Cc1cccc(CN2C(=O)N/C(=C/c3cn(Cc4cccc5ccccc45)c4ccccc34)C2=O)c1. The van der Waals surface area contributed by atoms with Gasteiger partial charge < -0.3 is 9.88 Å². The zero-order valence-corrected chi connectivity index (χ0v) is 19.9. The van der Waals surface area contributed by atoms with E-state index in [0.717, 1.165) is 27.6 Å². The Bertz CT molecular complexity index is 1670. The highest BCUT2D eigenvalue weighted by Crippen LogP contribution is 2.27. The highest BCUT2D eigenvalue weighted by Gasteiger charge is 2.33.